The summed E-state index contributed by atoms with van der Waals surface area (Å²) in [6, 6.07) is 5.63. The molecule has 1 N–H and O–H groups in total. The molecule has 0 atom stereocenters. The van der Waals surface area contributed by atoms with E-state index in [0.29, 0.717) is 30.6 Å². The summed E-state index contributed by atoms with van der Waals surface area (Å²) in [4.78, 5) is 14.9. The normalized spacial score (nSPS) is 16.4. The van der Waals surface area contributed by atoms with Crippen molar-refractivity contribution in [2.75, 3.05) is 39.4 Å². The van der Waals surface area contributed by atoms with Gasteiger partial charge in [0.25, 0.3) is 5.91 Å². The van der Waals surface area contributed by atoms with E-state index in [-0.39, 0.29) is 18.3 Å². The van der Waals surface area contributed by atoms with Crippen LogP contribution >= 0.6 is 12.4 Å². The lowest BCUT2D eigenvalue weighted by molar-refractivity contribution is 0.0683. The van der Waals surface area contributed by atoms with Crippen molar-refractivity contribution in [3.63, 3.8) is 0 Å². The van der Waals surface area contributed by atoms with Crippen LogP contribution in [0.15, 0.2) is 18.2 Å². The van der Waals surface area contributed by atoms with Gasteiger partial charge in [0.2, 0.25) is 0 Å². The highest BCUT2D eigenvalue weighted by molar-refractivity contribution is 5.93. The predicted octanol–water partition coefficient (Wildman–Crippen LogP) is 2.23. The number of likely N-dealkylation sites (tertiary alicyclic amines) is 1. The van der Waals surface area contributed by atoms with Crippen molar-refractivity contribution >= 4 is 18.3 Å². The third-order valence-corrected chi connectivity index (χ3v) is 5.45. The molecule has 0 radical (unpaired) electrons. The Morgan fingerprint density at radius 2 is 1.93 bits per heavy atom. The second-order valence-corrected chi connectivity index (χ2v) is 7.31. The maximum atomic E-state index is 13.0. The number of carbonyl (C=O) groups excluding carboxylic acids is 1. The van der Waals surface area contributed by atoms with Gasteiger partial charge in [0.05, 0.1) is 11.4 Å². The zero-order valence-corrected chi connectivity index (χ0v) is 17.7. The Morgan fingerprint density at radius 3 is 2.66 bits per heavy atom. The van der Waals surface area contributed by atoms with E-state index in [1.165, 1.54) is 0 Å². The molecule has 0 unspecified atom stereocenters. The molecule has 0 bridgehead atoms. The zero-order valence-electron chi connectivity index (χ0n) is 16.9. The number of rotatable bonds is 5. The number of benzene rings is 1. The summed E-state index contributed by atoms with van der Waals surface area (Å²) in [6.45, 7) is 8.63. The lowest BCUT2D eigenvalue weighted by Crippen LogP contribution is -2.41. The summed E-state index contributed by atoms with van der Waals surface area (Å²) >= 11 is 0. The van der Waals surface area contributed by atoms with E-state index in [4.69, 9.17) is 9.47 Å². The van der Waals surface area contributed by atoms with Gasteiger partial charge in [-0.1, -0.05) is 12.1 Å². The third kappa shape index (κ3) is 4.48. The van der Waals surface area contributed by atoms with Crippen LogP contribution in [-0.2, 0) is 0 Å². The molecule has 1 amide bonds. The molecule has 9 heteroatoms. The molecule has 29 heavy (non-hydrogen) atoms. The maximum absolute atomic E-state index is 13.0. The first-order valence-electron chi connectivity index (χ1n) is 9.99. The minimum Gasteiger partial charge on any atom is -0.486 e. The zero-order chi connectivity index (χ0) is 19.5. The Bertz CT molecular complexity index is 849. The van der Waals surface area contributed by atoms with Gasteiger partial charge in [0.15, 0.2) is 17.2 Å². The smallest absolute Gasteiger partial charge is 0.276 e. The fraction of sp³-hybridized carbons (Fsp3) is 0.550. The van der Waals surface area contributed by atoms with E-state index in [0.717, 1.165) is 56.2 Å². The molecule has 1 fully saturated rings. The van der Waals surface area contributed by atoms with Crippen molar-refractivity contribution in [2.24, 2.45) is 5.92 Å². The summed E-state index contributed by atoms with van der Waals surface area (Å²) in [5.74, 6) is 2.01. The van der Waals surface area contributed by atoms with Gasteiger partial charge in [-0.05, 0) is 50.9 Å². The molecule has 2 aliphatic heterocycles. The van der Waals surface area contributed by atoms with Crippen LogP contribution in [0.25, 0.3) is 5.69 Å². The monoisotopic (exact) mass is 421 g/mol. The van der Waals surface area contributed by atoms with Crippen LogP contribution in [0.5, 0.6) is 11.5 Å². The second-order valence-electron chi connectivity index (χ2n) is 7.31. The average Bonchev–Trinajstić information content (AvgIpc) is 3.13. The fourth-order valence-corrected chi connectivity index (χ4v) is 3.77. The maximum Gasteiger partial charge on any atom is 0.276 e. The first-order chi connectivity index (χ1) is 13.7. The molecular weight excluding hydrogens is 394 g/mol. The van der Waals surface area contributed by atoms with Crippen molar-refractivity contribution in [3.05, 3.63) is 29.6 Å². The number of fused-ring (bicyclic) bond motifs is 1. The summed E-state index contributed by atoms with van der Waals surface area (Å²) in [7, 11) is 0. The van der Waals surface area contributed by atoms with Crippen LogP contribution in [-0.4, -0.2) is 65.2 Å². The Labute approximate surface area is 177 Å². The van der Waals surface area contributed by atoms with E-state index in [9.17, 15) is 4.79 Å². The lowest BCUT2D eigenvalue weighted by atomic mass is 9.96. The van der Waals surface area contributed by atoms with Crippen molar-refractivity contribution in [2.45, 2.75) is 26.7 Å². The average molecular weight is 422 g/mol. The number of hydrogen-bond donors (Lipinski definition) is 1. The van der Waals surface area contributed by atoms with Gasteiger partial charge in [0, 0.05) is 19.2 Å². The molecule has 8 nitrogen and oxygen atoms in total. The molecule has 3 heterocycles. The van der Waals surface area contributed by atoms with Crippen molar-refractivity contribution < 1.29 is 14.3 Å². The van der Waals surface area contributed by atoms with Crippen LogP contribution in [0.3, 0.4) is 0 Å². The molecule has 0 spiro atoms. The second kappa shape index (κ2) is 9.45. The summed E-state index contributed by atoms with van der Waals surface area (Å²) in [5, 5.41) is 11.8. The van der Waals surface area contributed by atoms with Gasteiger partial charge in [-0.3, -0.25) is 4.79 Å². The highest BCUT2D eigenvalue weighted by Gasteiger charge is 2.27. The molecule has 1 saturated heterocycles. The van der Waals surface area contributed by atoms with E-state index in [2.05, 4.69) is 22.6 Å². The number of piperidine rings is 1. The van der Waals surface area contributed by atoms with Gasteiger partial charge in [-0.25, -0.2) is 4.68 Å². The number of ether oxygens (including phenoxy) is 2. The number of nitrogens with one attached hydrogen (secondary N) is 1. The highest BCUT2D eigenvalue weighted by Crippen LogP contribution is 2.32. The van der Waals surface area contributed by atoms with Gasteiger partial charge in [-0.2, -0.15) is 0 Å². The van der Waals surface area contributed by atoms with E-state index in [1.54, 1.807) is 4.68 Å². The Hall–Kier alpha value is -2.32. The third-order valence-electron chi connectivity index (χ3n) is 5.45. The summed E-state index contributed by atoms with van der Waals surface area (Å²) in [6.07, 6.45) is 2.04. The highest BCUT2D eigenvalue weighted by atomic mass is 35.5. The first-order valence-corrected chi connectivity index (χ1v) is 9.99. The van der Waals surface area contributed by atoms with E-state index < -0.39 is 0 Å². The van der Waals surface area contributed by atoms with Crippen LogP contribution < -0.4 is 14.8 Å². The largest absolute Gasteiger partial charge is 0.486 e. The van der Waals surface area contributed by atoms with Gasteiger partial charge in [0.1, 0.15) is 13.2 Å². The SMILES string of the molecule is CCNCC1CCN(C(=O)c2nnn(-c3ccc4c(c3)OCCO4)c2C)CC1.Cl. The molecule has 2 aromatic rings. The molecule has 0 aliphatic carbocycles. The fourth-order valence-electron chi connectivity index (χ4n) is 3.77. The van der Waals surface area contributed by atoms with Crippen molar-refractivity contribution in [3.8, 4) is 17.2 Å². The molecule has 0 saturated carbocycles. The number of nitrogens with zero attached hydrogens (tertiary/aromatic N) is 4. The van der Waals surface area contributed by atoms with Crippen LogP contribution in [0.1, 0.15) is 35.9 Å². The molecule has 2 aliphatic rings. The number of halogens is 1. The molecular formula is C20H28ClN5O3. The van der Waals surface area contributed by atoms with Crippen LogP contribution in [0.2, 0.25) is 0 Å². The molecule has 4 rings (SSSR count). The predicted molar refractivity (Wildman–Crippen MR) is 112 cm³/mol. The Morgan fingerprint density at radius 1 is 1.21 bits per heavy atom. The number of hydrogen-bond acceptors (Lipinski definition) is 6. The molecule has 1 aromatic carbocycles. The Balaban J connectivity index is 0.00000240. The number of amides is 1. The van der Waals surface area contributed by atoms with E-state index in [1.807, 2.05) is 30.0 Å². The minimum atomic E-state index is -0.0387. The van der Waals surface area contributed by atoms with Gasteiger partial charge in [-0.15, -0.1) is 17.5 Å². The van der Waals surface area contributed by atoms with Crippen LogP contribution in [0.4, 0.5) is 0 Å². The van der Waals surface area contributed by atoms with Crippen molar-refractivity contribution in [1.29, 1.82) is 0 Å². The Kier molecular flexibility index (Phi) is 6.97. The summed E-state index contributed by atoms with van der Waals surface area (Å²) in [5.41, 5.74) is 1.95. The minimum absolute atomic E-state index is 0. The standard InChI is InChI=1S/C20H27N5O3.ClH/c1-3-21-13-15-6-8-24(9-7-15)20(26)19-14(2)25(23-22-19)16-4-5-17-18(12-16)28-11-10-27-17;/h4-5,12,15,21H,3,6-11,13H2,1-2H3;1H. The summed E-state index contributed by atoms with van der Waals surface area (Å²) < 4.78 is 12.9. The molecule has 1 aromatic heterocycles. The lowest BCUT2D eigenvalue weighted by Gasteiger charge is -2.31. The van der Waals surface area contributed by atoms with Crippen molar-refractivity contribution in [1.82, 2.24) is 25.2 Å². The van der Waals surface area contributed by atoms with E-state index >= 15 is 0 Å². The quantitative estimate of drug-likeness (QED) is 0.797. The van der Waals surface area contributed by atoms with Crippen LogP contribution in [0, 0.1) is 12.8 Å². The number of aromatic nitrogens is 3. The first kappa shape index (κ1) is 21.4. The van der Waals surface area contributed by atoms with Gasteiger partial charge >= 0.3 is 0 Å². The number of carbonyl (C=O) groups is 1. The van der Waals surface area contributed by atoms with Gasteiger partial charge < -0.3 is 19.7 Å². The topological polar surface area (TPSA) is 81.5 Å². The molecule has 158 valence electrons.